The van der Waals surface area contributed by atoms with Gasteiger partial charge in [0.1, 0.15) is 22.8 Å². The second kappa shape index (κ2) is 7.50. The van der Waals surface area contributed by atoms with Crippen LogP contribution in [-0.4, -0.2) is 16.4 Å². The molecular weight excluding hydrogens is 320 g/mol. The van der Waals surface area contributed by atoms with Crippen molar-refractivity contribution < 1.29 is 9.53 Å². The van der Waals surface area contributed by atoms with E-state index in [1.165, 1.54) is 17.8 Å². The topological polar surface area (TPSA) is 51.2 Å². The quantitative estimate of drug-likeness (QED) is 0.843. The maximum absolute atomic E-state index is 12.7. The van der Waals surface area contributed by atoms with E-state index >= 15 is 0 Å². The summed E-state index contributed by atoms with van der Waals surface area (Å²) in [6.07, 6.45) is 14.2. The Morgan fingerprint density at radius 1 is 1.38 bits per heavy atom. The molecular formula is C19H20N2O2S. The van der Waals surface area contributed by atoms with Crippen molar-refractivity contribution in [1.29, 1.82) is 0 Å². The molecule has 0 bridgehead atoms. The number of hydrogen-bond acceptors (Lipinski definition) is 4. The summed E-state index contributed by atoms with van der Waals surface area (Å²) in [6, 6.07) is 5.62. The number of carbonyl (C=O) groups is 1. The lowest BCUT2D eigenvalue weighted by Gasteiger charge is -2.33. The van der Waals surface area contributed by atoms with Crippen LogP contribution in [0.15, 0.2) is 36.0 Å². The minimum Gasteiger partial charge on any atom is -0.487 e. The Kier molecular flexibility index (Phi) is 5.17. The fourth-order valence-electron chi connectivity index (χ4n) is 2.96. The van der Waals surface area contributed by atoms with E-state index in [0.717, 1.165) is 31.2 Å². The highest BCUT2D eigenvalue weighted by Crippen LogP contribution is 2.30. The molecule has 1 fully saturated rings. The van der Waals surface area contributed by atoms with Crippen molar-refractivity contribution in [2.75, 3.05) is 0 Å². The van der Waals surface area contributed by atoms with Crippen LogP contribution in [0.2, 0.25) is 0 Å². The summed E-state index contributed by atoms with van der Waals surface area (Å²) < 4.78 is 5.80. The number of amides is 1. The first-order chi connectivity index (χ1) is 11.7. The van der Waals surface area contributed by atoms with E-state index in [-0.39, 0.29) is 5.91 Å². The monoisotopic (exact) mass is 340 g/mol. The number of ether oxygens (including phenoxy) is 1. The SMILES string of the molecule is C#CC1(NC(=O)c2sccc2OCc2cccnc2)CCCCC1. The number of aromatic nitrogens is 1. The Hall–Kier alpha value is -2.32. The lowest BCUT2D eigenvalue weighted by Crippen LogP contribution is -2.48. The van der Waals surface area contributed by atoms with Crippen LogP contribution in [0.5, 0.6) is 5.75 Å². The smallest absolute Gasteiger partial charge is 0.266 e. The molecule has 1 aliphatic rings. The van der Waals surface area contributed by atoms with Crippen LogP contribution < -0.4 is 10.1 Å². The summed E-state index contributed by atoms with van der Waals surface area (Å²) >= 11 is 1.37. The minimum atomic E-state index is -0.514. The average Bonchev–Trinajstić information content (AvgIpc) is 3.10. The molecule has 2 aromatic heterocycles. The van der Waals surface area contributed by atoms with E-state index in [0.29, 0.717) is 17.2 Å². The average molecular weight is 340 g/mol. The fourth-order valence-corrected chi connectivity index (χ4v) is 3.69. The van der Waals surface area contributed by atoms with E-state index in [4.69, 9.17) is 11.2 Å². The van der Waals surface area contributed by atoms with Crippen molar-refractivity contribution in [2.24, 2.45) is 0 Å². The van der Waals surface area contributed by atoms with Crippen molar-refractivity contribution in [2.45, 2.75) is 44.2 Å². The first-order valence-corrected chi connectivity index (χ1v) is 9.00. The van der Waals surface area contributed by atoms with Gasteiger partial charge in [0.2, 0.25) is 0 Å². The van der Waals surface area contributed by atoms with Gasteiger partial charge in [0.05, 0.1) is 0 Å². The summed E-state index contributed by atoms with van der Waals surface area (Å²) in [5.74, 6) is 3.25. The van der Waals surface area contributed by atoms with Gasteiger partial charge in [-0.1, -0.05) is 31.2 Å². The molecule has 0 aliphatic heterocycles. The second-order valence-electron chi connectivity index (χ2n) is 6.01. The highest BCUT2D eigenvalue weighted by Gasteiger charge is 2.32. The molecule has 0 atom stereocenters. The number of hydrogen-bond donors (Lipinski definition) is 1. The molecule has 0 radical (unpaired) electrons. The summed E-state index contributed by atoms with van der Waals surface area (Å²) in [5.41, 5.74) is 0.447. The van der Waals surface area contributed by atoms with Crippen molar-refractivity contribution in [3.8, 4) is 18.1 Å². The number of nitrogens with one attached hydrogen (secondary N) is 1. The van der Waals surface area contributed by atoms with E-state index in [1.807, 2.05) is 23.6 Å². The number of carbonyl (C=O) groups excluding carboxylic acids is 1. The van der Waals surface area contributed by atoms with Gasteiger partial charge < -0.3 is 10.1 Å². The van der Waals surface area contributed by atoms with Crippen LogP contribution >= 0.6 is 11.3 Å². The van der Waals surface area contributed by atoms with Crippen molar-refractivity contribution in [3.05, 3.63) is 46.4 Å². The Morgan fingerprint density at radius 2 is 2.21 bits per heavy atom. The highest BCUT2D eigenvalue weighted by molar-refractivity contribution is 7.12. The summed E-state index contributed by atoms with van der Waals surface area (Å²) in [7, 11) is 0. The van der Waals surface area contributed by atoms with Gasteiger partial charge in [-0.15, -0.1) is 17.8 Å². The third kappa shape index (κ3) is 3.77. The molecule has 2 heterocycles. The van der Waals surface area contributed by atoms with Gasteiger partial charge in [0.25, 0.3) is 5.91 Å². The lowest BCUT2D eigenvalue weighted by atomic mass is 9.82. The largest absolute Gasteiger partial charge is 0.487 e. The zero-order chi connectivity index (χ0) is 16.8. The molecule has 1 aliphatic carbocycles. The Balaban J connectivity index is 1.68. The van der Waals surface area contributed by atoms with Crippen molar-refractivity contribution in [1.82, 2.24) is 10.3 Å². The molecule has 2 aromatic rings. The Labute approximate surface area is 146 Å². The van der Waals surface area contributed by atoms with Crippen molar-refractivity contribution >= 4 is 17.2 Å². The van der Waals surface area contributed by atoms with Crippen molar-refractivity contribution in [3.63, 3.8) is 0 Å². The molecule has 1 saturated carbocycles. The highest BCUT2D eigenvalue weighted by atomic mass is 32.1. The molecule has 4 nitrogen and oxygen atoms in total. The number of rotatable bonds is 5. The number of thiophene rings is 1. The summed E-state index contributed by atoms with van der Waals surface area (Å²) in [4.78, 5) is 17.3. The van der Waals surface area contributed by atoms with Crippen LogP contribution in [0.25, 0.3) is 0 Å². The molecule has 124 valence electrons. The second-order valence-corrected chi connectivity index (χ2v) is 6.92. The first kappa shape index (κ1) is 16.5. The molecule has 24 heavy (non-hydrogen) atoms. The van der Waals surface area contributed by atoms with Crippen LogP contribution in [0.3, 0.4) is 0 Å². The maximum Gasteiger partial charge on any atom is 0.266 e. The van der Waals surface area contributed by atoms with E-state index in [2.05, 4.69) is 16.2 Å². The maximum atomic E-state index is 12.7. The zero-order valence-corrected chi connectivity index (χ0v) is 14.3. The first-order valence-electron chi connectivity index (χ1n) is 8.12. The van der Waals surface area contributed by atoms with E-state index in [1.54, 1.807) is 12.4 Å². The predicted molar refractivity (Wildman–Crippen MR) is 95.0 cm³/mol. The summed E-state index contributed by atoms with van der Waals surface area (Å²) in [6.45, 7) is 0.380. The number of nitrogens with zero attached hydrogens (tertiary/aromatic N) is 1. The van der Waals surface area contributed by atoms with Gasteiger partial charge in [-0.25, -0.2) is 0 Å². The third-order valence-corrected chi connectivity index (χ3v) is 5.18. The Morgan fingerprint density at radius 3 is 2.92 bits per heavy atom. The standard InChI is InChI=1S/C19H20N2O2S/c1-2-19(9-4-3-5-10-19)21-18(22)17-16(8-12-24-17)23-14-15-7-6-11-20-13-15/h1,6-8,11-13H,3-5,9-10,14H2,(H,21,22). The molecule has 0 aromatic carbocycles. The number of terminal acetylenes is 1. The molecule has 1 amide bonds. The van der Waals surface area contributed by atoms with Crippen LogP contribution in [-0.2, 0) is 6.61 Å². The van der Waals surface area contributed by atoms with Crippen LogP contribution in [0, 0.1) is 12.3 Å². The Bertz CT molecular complexity index is 727. The van der Waals surface area contributed by atoms with Gasteiger partial charge in [0, 0.05) is 18.0 Å². The lowest BCUT2D eigenvalue weighted by molar-refractivity contribution is 0.0904. The molecule has 0 spiro atoms. The van der Waals surface area contributed by atoms with Gasteiger partial charge >= 0.3 is 0 Å². The van der Waals surface area contributed by atoms with Gasteiger partial charge in [-0.05, 0) is 30.4 Å². The third-order valence-electron chi connectivity index (χ3n) is 4.29. The predicted octanol–water partition coefficient (Wildman–Crippen LogP) is 3.79. The van der Waals surface area contributed by atoms with Gasteiger partial charge in [0.15, 0.2) is 0 Å². The molecule has 0 saturated heterocycles. The summed E-state index contributed by atoms with van der Waals surface area (Å²) in [5, 5.41) is 4.92. The molecule has 1 N–H and O–H groups in total. The molecule has 0 unspecified atom stereocenters. The number of pyridine rings is 1. The van der Waals surface area contributed by atoms with E-state index in [9.17, 15) is 4.79 Å². The van der Waals surface area contributed by atoms with Gasteiger partial charge in [-0.3, -0.25) is 9.78 Å². The van der Waals surface area contributed by atoms with E-state index < -0.39 is 5.54 Å². The zero-order valence-electron chi connectivity index (χ0n) is 13.5. The van der Waals surface area contributed by atoms with Crippen LogP contribution in [0.4, 0.5) is 0 Å². The van der Waals surface area contributed by atoms with Crippen LogP contribution in [0.1, 0.15) is 47.3 Å². The van der Waals surface area contributed by atoms with Gasteiger partial charge in [-0.2, -0.15) is 0 Å². The normalized spacial score (nSPS) is 16.1. The fraction of sp³-hybridized carbons (Fsp3) is 0.368. The molecule has 3 rings (SSSR count). The molecule has 5 heteroatoms. The minimum absolute atomic E-state index is 0.147.